The molecule has 0 aliphatic carbocycles. The van der Waals surface area contributed by atoms with Gasteiger partial charge in [0.05, 0.1) is 19.8 Å². The molecule has 0 bridgehead atoms. The van der Waals surface area contributed by atoms with Crippen LogP contribution < -0.4 is 10.1 Å². The predicted molar refractivity (Wildman–Crippen MR) is 151 cm³/mol. The Morgan fingerprint density at radius 2 is 1.60 bits per heavy atom. The number of nitrogens with one attached hydrogen (secondary N) is 1. The van der Waals surface area contributed by atoms with Gasteiger partial charge in [0.1, 0.15) is 17.5 Å². The summed E-state index contributed by atoms with van der Waals surface area (Å²) >= 11 is 0. The summed E-state index contributed by atoms with van der Waals surface area (Å²) in [7, 11) is 1.57. The van der Waals surface area contributed by atoms with E-state index in [1.807, 2.05) is 62.4 Å². The second kappa shape index (κ2) is 11.5. The van der Waals surface area contributed by atoms with Crippen LogP contribution in [0.15, 0.2) is 78.9 Å². The molecule has 40 heavy (non-hydrogen) atoms. The number of hydrogen-bond donors (Lipinski definition) is 1. The van der Waals surface area contributed by atoms with Crippen molar-refractivity contribution in [3.05, 3.63) is 101 Å². The molecule has 1 N–H and O–H groups in total. The number of benzene rings is 3. The summed E-state index contributed by atoms with van der Waals surface area (Å²) < 4.78 is 11.6. The second-order valence-corrected chi connectivity index (χ2v) is 10.5. The summed E-state index contributed by atoms with van der Waals surface area (Å²) in [6, 6.07) is 23.1. The maximum absolute atomic E-state index is 14.0. The maximum Gasteiger partial charge on any atom is 0.256 e. The Bertz CT molecular complexity index is 1380. The van der Waals surface area contributed by atoms with E-state index in [2.05, 4.69) is 5.32 Å². The number of carbonyl (C=O) groups excluding carboxylic acids is 3. The first-order chi connectivity index (χ1) is 19.3. The highest BCUT2D eigenvalue weighted by Crippen LogP contribution is 2.39. The molecule has 208 valence electrons. The van der Waals surface area contributed by atoms with E-state index in [1.54, 1.807) is 47.2 Å². The fourth-order valence-corrected chi connectivity index (χ4v) is 5.62. The Morgan fingerprint density at radius 1 is 0.925 bits per heavy atom. The number of aryl methyl sites for hydroxylation is 1. The van der Waals surface area contributed by atoms with Gasteiger partial charge in [-0.05, 0) is 49.7 Å². The number of ether oxygens (including phenoxy) is 2. The largest absolute Gasteiger partial charge is 0.497 e. The molecule has 5 rings (SSSR count). The van der Waals surface area contributed by atoms with Gasteiger partial charge in [-0.3, -0.25) is 19.3 Å². The van der Waals surface area contributed by atoms with Crippen molar-refractivity contribution in [3.8, 4) is 5.75 Å². The van der Waals surface area contributed by atoms with Gasteiger partial charge >= 0.3 is 0 Å². The van der Waals surface area contributed by atoms with Gasteiger partial charge in [-0.2, -0.15) is 0 Å². The lowest BCUT2D eigenvalue weighted by Crippen LogP contribution is -2.60. The molecule has 2 fully saturated rings. The first-order valence-electron chi connectivity index (χ1n) is 13.6. The highest BCUT2D eigenvalue weighted by atomic mass is 16.5. The molecule has 8 heteroatoms. The van der Waals surface area contributed by atoms with Gasteiger partial charge < -0.3 is 19.7 Å². The topological polar surface area (TPSA) is 88.2 Å². The van der Waals surface area contributed by atoms with Gasteiger partial charge in [0.2, 0.25) is 5.91 Å². The molecule has 0 saturated carbocycles. The molecular weight excluding hydrogens is 506 g/mol. The Kier molecular flexibility index (Phi) is 7.89. The van der Waals surface area contributed by atoms with Crippen molar-refractivity contribution < 1.29 is 23.9 Å². The average molecular weight is 542 g/mol. The highest BCUT2D eigenvalue weighted by Gasteiger charge is 2.54. The lowest BCUT2D eigenvalue weighted by atomic mass is 9.95. The number of likely N-dealkylation sites (tertiary alicyclic amines) is 1. The lowest BCUT2D eigenvalue weighted by Gasteiger charge is -2.44. The molecule has 2 aliphatic rings. The molecule has 3 aromatic carbocycles. The Morgan fingerprint density at radius 3 is 2.27 bits per heavy atom. The van der Waals surface area contributed by atoms with Crippen LogP contribution in [0.4, 0.5) is 0 Å². The van der Waals surface area contributed by atoms with Crippen molar-refractivity contribution in [1.82, 2.24) is 15.1 Å². The number of rotatable bonds is 6. The van der Waals surface area contributed by atoms with Crippen LogP contribution in [0.25, 0.3) is 0 Å². The smallest absolute Gasteiger partial charge is 0.256 e. The summed E-state index contributed by atoms with van der Waals surface area (Å²) in [5.74, 6) is 0.00617. The summed E-state index contributed by atoms with van der Waals surface area (Å²) in [6.45, 7) is 4.73. The molecule has 0 unspecified atom stereocenters. The molecule has 2 saturated heterocycles. The Balaban J connectivity index is 1.38. The van der Waals surface area contributed by atoms with Crippen LogP contribution in [0.5, 0.6) is 5.75 Å². The SMILES string of the molecule is COc1cccc(C(=O)N2CCC3(CC2)OC[C@@H](C(=O)N[C@@H](C)c2ccccc2)N3C(=O)c2cccc(C)c2)c1. The van der Waals surface area contributed by atoms with Crippen LogP contribution in [-0.2, 0) is 9.53 Å². The molecule has 3 aromatic rings. The maximum atomic E-state index is 14.0. The number of piperidine rings is 1. The molecular formula is C32H35N3O5. The zero-order chi connectivity index (χ0) is 28.3. The quantitative estimate of drug-likeness (QED) is 0.501. The second-order valence-electron chi connectivity index (χ2n) is 10.5. The summed E-state index contributed by atoms with van der Waals surface area (Å²) in [6.07, 6.45) is 0.802. The zero-order valence-electron chi connectivity index (χ0n) is 23.1. The average Bonchev–Trinajstić information content (AvgIpc) is 3.35. The van der Waals surface area contributed by atoms with Crippen LogP contribution in [0, 0.1) is 6.92 Å². The molecule has 2 aliphatic heterocycles. The van der Waals surface area contributed by atoms with Gasteiger partial charge in [-0.25, -0.2) is 0 Å². The molecule has 0 radical (unpaired) electrons. The number of carbonyl (C=O) groups is 3. The fraction of sp³-hybridized carbons (Fsp3) is 0.344. The first-order valence-corrected chi connectivity index (χ1v) is 13.6. The zero-order valence-corrected chi connectivity index (χ0v) is 23.1. The van der Waals surface area contributed by atoms with Gasteiger partial charge in [-0.1, -0.05) is 54.1 Å². The van der Waals surface area contributed by atoms with Crippen LogP contribution in [0.3, 0.4) is 0 Å². The molecule has 2 heterocycles. The normalized spacial score (nSPS) is 18.8. The third kappa shape index (κ3) is 5.45. The number of methoxy groups -OCH3 is 1. The predicted octanol–water partition coefficient (Wildman–Crippen LogP) is 4.35. The Labute approximate surface area is 234 Å². The summed E-state index contributed by atoms with van der Waals surface area (Å²) in [5, 5.41) is 3.08. The van der Waals surface area contributed by atoms with Crippen molar-refractivity contribution in [2.75, 3.05) is 26.8 Å². The van der Waals surface area contributed by atoms with E-state index >= 15 is 0 Å². The van der Waals surface area contributed by atoms with Crippen molar-refractivity contribution in [2.45, 2.75) is 44.5 Å². The van der Waals surface area contributed by atoms with Crippen molar-refractivity contribution >= 4 is 17.7 Å². The monoisotopic (exact) mass is 541 g/mol. The van der Waals surface area contributed by atoms with Gasteiger partial charge in [0.15, 0.2) is 0 Å². The molecule has 2 atom stereocenters. The third-order valence-electron chi connectivity index (χ3n) is 7.85. The van der Waals surface area contributed by atoms with E-state index in [-0.39, 0.29) is 30.4 Å². The van der Waals surface area contributed by atoms with E-state index in [0.717, 1.165) is 11.1 Å². The van der Waals surface area contributed by atoms with E-state index in [0.29, 0.717) is 42.8 Å². The molecule has 3 amide bonds. The van der Waals surface area contributed by atoms with Crippen molar-refractivity contribution in [2.24, 2.45) is 0 Å². The summed E-state index contributed by atoms with van der Waals surface area (Å²) in [4.78, 5) is 44.3. The number of amides is 3. The molecule has 0 aromatic heterocycles. The van der Waals surface area contributed by atoms with E-state index in [4.69, 9.17) is 9.47 Å². The van der Waals surface area contributed by atoms with Crippen molar-refractivity contribution in [1.29, 1.82) is 0 Å². The van der Waals surface area contributed by atoms with E-state index in [1.165, 1.54) is 0 Å². The highest BCUT2D eigenvalue weighted by molar-refractivity contribution is 5.99. The van der Waals surface area contributed by atoms with E-state index in [9.17, 15) is 14.4 Å². The summed E-state index contributed by atoms with van der Waals surface area (Å²) in [5.41, 5.74) is 2.00. The van der Waals surface area contributed by atoms with Crippen molar-refractivity contribution in [3.63, 3.8) is 0 Å². The lowest BCUT2D eigenvalue weighted by molar-refractivity contribution is -0.128. The first kappa shape index (κ1) is 27.4. The molecule has 1 spiro atoms. The van der Waals surface area contributed by atoms with Crippen LogP contribution in [-0.4, -0.2) is 66.1 Å². The van der Waals surface area contributed by atoms with Crippen LogP contribution >= 0.6 is 0 Å². The minimum absolute atomic E-state index is 0.0920. The minimum atomic E-state index is -0.982. The fourth-order valence-electron chi connectivity index (χ4n) is 5.62. The number of nitrogens with zero attached hydrogens (tertiary/aromatic N) is 2. The van der Waals surface area contributed by atoms with Crippen LogP contribution in [0.1, 0.15) is 57.7 Å². The Hall–Kier alpha value is -4.17. The van der Waals surface area contributed by atoms with Gasteiger partial charge in [0, 0.05) is 37.1 Å². The minimum Gasteiger partial charge on any atom is -0.497 e. The third-order valence-corrected chi connectivity index (χ3v) is 7.85. The molecule has 8 nitrogen and oxygen atoms in total. The van der Waals surface area contributed by atoms with E-state index < -0.39 is 11.8 Å². The van der Waals surface area contributed by atoms with Gasteiger partial charge in [0.25, 0.3) is 11.8 Å². The standard InChI is InChI=1S/C32H35N3O5/c1-22-9-7-12-25(19-22)31(38)35-28(29(36)33-23(2)24-10-5-4-6-11-24)21-40-32(35)15-17-34(18-16-32)30(37)26-13-8-14-27(20-26)39-3/h4-14,19-20,23,28H,15-18,21H2,1-3H3,(H,33,36)/t23-,28-/m0/s1. The van der Waals surface area contributed by atoms with Gasteiger partial charge in [-0.15, -0.1) is 0 Å². The van der Waals surface area contributed by atoms with Crippen LogP contribution in [0.2, 0.25) is 0 Å². The number of hydrogen-bond acceptors (Lipinski definition) is 5.